The van der Waals surface area contributed by atoms with Crippen molar-refractivity contribution in [3.05, 3.63) is 0 Å². The van der Waals surface area contributed by atoms with Crippen molar-refractivity contribution < 1.29 is 0 Å². The number of hydrogen-bond acceptors (Lipinski definition) is 0. The molecule has 0 bridgehead atoms. The van der Waals surface area contributed by atoms with Gasteiger partial charge in [-0.3, -0.25) is 0 Å². The second-order valence-electron chi connectivity index (χ2n) is 0. The molecule has 0 nitrogen and oxygen atoms in total. The summed E-state index contributed by atoms with van der Waals surface area (Å²) in [5.41, 5.74) is 0. The van der Waals surface area contributed by atoms with E-state index in [-0.39, 0.29) is 91.8 Å². The van der Waals surface area contributed by atoms with Crippen LogP contribution in [0.5, 0.6) is 0 Å². The minimum absolute atomic E-state index is 0. The summed E-state index contributed by atoms with van der Waals surface area (Å²) in [6, 6.07) is 0. The molecule has 36 valence electrons. The van der Waals surface area contributed by atoms with Crippen molar-refractivity contribution >= 4 is 91.8 Å². The summed E-state index contributed by atoms with van der Waals surface area (Å²) in [4.78, 5) is 0. The molecule has 0 unspecified atom stereocenters. The van der Waals surface area contributed by atoms with Gasteiger partial charge in [-0.25, -0.2) is 0 Å². The van der Waals surface area contributed by atoms with Gasteiger partial charge in [-0.15, -0.1) is 67.9 Å². The molecular weight excluding hydrogens is 438 g/mol. The molecule has 0 saturated heterocycles. The number of halogens is 4. The molecule has 0 rings (SSSR count). The SMILES string of the molecule is Br.Br.Br.Br.[Sn]. The number of rotatable bonds is 0. The Labute approximate surface area is 90.5 Å². The van der Waals surface area contributed by atoms with Crippen LogP contribution in [-0.2, 0) is 0 Å². The van der Waals surface area contributed by atoms with E-state index in [0.29, 0.717) is 0 Å². The molecule has 0 amide bonds. The first-order valence-corrected chi connectivity index (χ1v) is 0. The van der Waals surface area contributed by atoms with Crippen molar-refractivity contribution in [2.45, 2.75) is 0 Å². The van der Waals surface area contributed by atoms with Gasteiger partial charge in [0.15, 0.2) is 0 Å². The minimum Gasteiger partial charge on any atom is -0.114 e. The zero-order chi connectivity index (χ0) is 0. The summed E-state index contributed by atoms with van der Waals surface area (Å²) in [6.45, 7) is 0. The fourth-order valence-corrected chi connectivity index (χ4v) is 0. The molecule has 4 radical (unpaired) electrons. The minimum atomic E-state index is 0. The predicted molar refractivity (Wildman–Crippen MR) is 47.0 cm³/mol. The van der Waals surface area contributed by atoms with E-state index in [9.17, 15) is 0 Å². The summed E-state index contributed by atoms with van der Waals surface area (Å²) in [6.07, 6.45) is 0. The second kappa shape index (κ2) is 29.7. The maximum atomic E-state index is 0. The maximum absolute atomic E-state index is 0. The molecular formula is H4Br4Sn. The van der Waals surface area contributed by atoms with E-state index in [1.807, 2.05) is 0 Å². The van der Waals surface area contributed by atoms with Gasteiger partial charge in [0.1, 0.15) is 0 Å². The molecule has 0 aromatic carbocycles. The van der Waals surface area contributed by atoms with Crippen LogP contribution < -0.4 is 0 Å². The Bertz CT molecular complexity index is 3.61. The molecule has 0 heterocycles. The van der Waals surface area contributed by atoms with E-state index in [4.69, 9.17) is 0 Å². The Morgan fingerprint density at radius 2 is 0.400 bits per heavy atom. The quantitative estimate of drug-likeness (QED) is 0.504. The van der Waals surface area contributed by atoms with Crippen LogP contribution in [0.15, 0.2) is 0 Å². The van der Waals surface area contributed by atoms with Crippen molar-refractivity contribution in [2.75, 3.05) is 0 Å². The molecule has 0 spiro atoms. The third-order valence-corrected chi connectivity index (χ3v) is 0. The molecule has 0 saturated carbocycles. The van der Waals surface area contributed by atoms with Crippen LogP contribution >= 0.6 is 67.9 Å². The molecule has 5 heteroatoms. The average molecular weight is 442 g/mol. The van der Waals surface area contributed by atoms with Gasteiger partial charge in [0.2, 0.25) is 0 Å². The van der Waals surface area contributed by atoms with Crippen LogP contribution in [0.2, 0.25) is 0 Å². The van der Waals surface area contributed by atoms with Crippen LogP contribution in [0, 0.1) is 0 Å². The Hall–Kier alpha value is 2.72. The molecule has 5 heavy (non-hydrogen) atoms. The number of hydrogen-bond donors (Lipinski definition) is 0. The summed E-state index contributed by atoms with van der Waals surface area (Å²) < 4.78 is 0. The summed E-state index contributed by atoms with van der Waals surface area (Å²) in [5, 5.41) is 0. The molecule has 0 aromatic rings. The topological polar surface area (TPSA) is 0 Å². The third kappa shape index (κ3) is 20.2. The average Bonchev–Trinajstić information content (AvgIpc) is 0. The molecule has 0 atom stereocenters. The van der Waals surface area contributed by atoms with E-state index >= 15 is 0 Å². The van der Waals surface area contributed by atoms with E-state index in [2.05, 4.69) is 0 Å². The van der Waals surface area contributed by atoms with Gasteiger partial charge in [-0.1, -0.05) is 0 Å². The largest absolute Gasteiger partial charge is 0.114 e. The summed E-state index contributed by atoms with van der Waals surface area (Å²) in [5.74, 6) is 0. The first-order valence-electron chi connectivity index (χ1n) is 0. The van der Waals surface area contributed by atoms with Crippen LogP contribution in [0.4, 0.5) is 0 Å². The zero-order valence-corrected chi connectivity index (χ0v) is 11.8. The first-order chi connectivity index (χ1) is 0. The van der Waals surface area contributed by atoms with E-state index in [1.54, 1.807) is 0 Å². The van der Waals surface area contributed by atoms with Crippen molar-refractivity contribution in [3.8, 4) is 0 Å². The predicted octanol–water partition coefficient (Wildman–Crippen LogP) is 1.93. The maximum Gasteiger partial charge on any atom is 0 e. The summed E-state index contributed by atoms with van der Waals surface area (Å²) in [7, 11) is 0. The second-order valence-corrected chi connectivity index (χ2v) is 0. The normalized spacial score (nSPS) is 0. The van der Waals surface area contributed by atoms with Crippen molar-refractivity contribution in [2.24, 2.45) is 0 Å². The smallest absolute Gasteiger partial charge is 0 e. The fraction of sp³-hybridized carbons (Fsp3) is 0. The van der Waals surface area contributed by atoms with Crippen molar-refractivity contribution in [3.63, 3.8) is 0 Å². The Kier molecular flexibility index (Phi) is 280. The zero-order valence-electron chi connectivity index (χ0n) is 2.13. The van der Waals surface area contributed by atoms with E-state index < -0.39 is 0 Å². The standard InChI is InChI=1S/4BrH.Sn/h4*1H;. The van der Waals surface area contributed by atoms with Gasteiger partial charge in [0.25, 0.3) is 0 Å². The summed E-state index contributed by atoms with van der Waals surface area (Å²) >= 11 is 0. The van der Waals surface area contributed by atoms with Crippen LogP contribution in [0.25, 0.3) is 0 Å². The Morgan fingerprint density at radius 1 is 0.400 bits per heavy atom. The third-order valence-electron chi connectivity index (χ3n) is 0. The van der Waals surface area contributed by atoms with Gasteiger partial charge in [0.05, 0.1) is 0 Å². The van der Waals surface area contributed by atoms with Crippen LogP contribution in [0.3, 0.4) is 0 Å². The van der Waals surface area contributed by atoms with Crippen LogP contribution in [-0.4, -0.2) is 23.9 Å². The van der Waals surface area contributed by atoms with Gasteiger partial charge < -0.3 is 0 Å². The van der Waals surface area contributed by atoms with E-state index in [1.165, 1.54) is 0 Å². The van der Waals surface area contributed by atoms with Gasteiger partial charge >= 0.3 is 0 Å². The van der Waals surface area contributed by atoms with Gasteiger partial charge in [-0.05, 0) is 0 Å². The first kappa shape index (κ1) is 47.1. The van der Waals surface area contributed by atoms with Gasteiger partial charge in [0, 0.05) is 23.9 Å². The molecule has 0 fully saturated rings. The fourth-order valence-electron chi connectivity index (χ4n) is 0. The van der Waals surface area contributed by atoms with Crippen molar-refractivity contribution in [1.82, 2.24) is 0 Å². The van der Waals surface area contributed by atoms with Crippen LogP contribution in [0.1, 0.15) is 0 Å². The molecule has 0 aliphatic rings. The Balaban J connectivity index is 0. The molecule has 0 aliphatic carbocycles. The molecule has 0 N–H and O–H groups in total. The monoisotopic (exact) mass is 440 g/mol. The van der Waals surface area contributed by atoms with Gasteiger partial charge in [-0.2, -0.15) is 0 Å². The van der Waals surface area contributed by atoms with E-state index in [0.717, 1.165) is 0 Å². The Morgan fingerprint density at radius 3 is 0.400 bits per heavy atom. The molecule has 0 aliphatic heterocycles. The van der Waals surface area contributed by atoms with Crippen molar-refractivity contribution in [1.29, 1.82) is 0 Å². The molecule has 0 aromatic heterocycles.